The number of hydrogen-bond donors (Lipinski definition) is 1. The van der Waals surface area contributed by atoms with Gasteiger partial charge in [0.1, 0.15) is 0 Å². The Morgan fingerprint density at radius 2 is 1.75 bits per heavy atom. The molecule has 0 saturated heterocycles. The summed E-state index contributed by atoms with van der Waals surface area (Å²) in [5.74, 6) is -0.113. The average Bonchev–Trinajstić information content (AvgIpc) is 2.71. The number of amides is 1. The van der Waals surface area contributed by atoms with Crippen LogP contribution in [-0.4, -0.2) is 17.9 Å². The van der Waals surface area contributed by atoms with Crippen LogP contribution >= 0.6 is 11.8 Å². The minimum atomic E-state index is -0.136. The zero-order chi connectivity index (χ0) is 14.3. The number of anilines is 1. The Morgan fingerprint density at radius 3 is 2.40 bits per heavy atom. The Labute approximate surface area is 121 Å². The lowest BCUT2D eigenvalue weighted by Gasteiger charge is -2.10. The normalized spacial score (nSPS) is 12.0. The first kappa shape index (κ1) is 12.9. The third-order valence-electron chi connectivity index (χ3n) is 3.36. The second kappa shape index (κ2) is 4.80. The van der Waals surface area contributed by atoms with Crippen LogP contribution in [0.15, 0.2) is 41.3 Å². The summed E-state index contributed by atoms with van der Waals surface area (Å²) < 4.78 is 0. The minimum absolute atomic E-state index is 0.0230. The van der Waals surface area contributed by atoms with E-state index < -0.39 is 0 Å². The van der Waals surface area contributed by atoms with E-state index in [0.29, 0.717) is 11.3 Å². The third kappa shape index (κ3) is 1.93. The van der Waals surface area contributed by atoms with Gasteiger partial charge in [-0.1, -0.05) is 24.3 Å². The van der Waals surface area contributed by atoms with Crippen LogP contribution < -0.4 is 5.32 Å². The summed E-state index contributed by atoms with van der Waals surface area (Å²) in [6.45, 7) is 1.47. The standard InChI is InChI=1S/C16H13NO2S/c1-9(18)17-14-7-13-12(8-15(14)20-2)10-5-3-4-6-11(10)16(13)19/h3-8H,1-2H3,(H,17,18). The van der Waals surface area contributed by atoms with Crippen LogP contribution in [0.4, 0.5) is 5.69 Å². The van der Waals surface area contributed by atoms with E-state index in [1.165, 1.54) is 6.92 Å². The molecule has 0 radical (unpaired) electrons. The van der Waals surface area contributed by atoms with Gasteiger partial charge in [-0.05, 0) is 29.5 Å². The highest BCUT2D eigenvalue weighted by molar-refractivity contribution is 7.98. The van der Waals surface area contributed by atoms with E-state index in [-0.39, 0.29) is 11.7 Å². The van der Waals surface area contributed by atoms with Gasteiger partial charge >= 0.3 is 0 Å². The summed E-state index contributed by atoms with van der Waals surface area (Å²) in [7, 11) is 0. The molecule has 0 fully saturated rings. The number of hydrogen-bond acceptors (Lipinski definition) is 3. The third-order valence-corrected chi connectivity index (χ3v) is 4.13. The van der Waals surface area contributed by atoms with Crippen molar-refractivity contribution >= 4 is 29.1 Å². The molecule has 2 aromatic rings. The van der Waals surface area contributed by atoms with Gasteiger partial charge in [-0.2, -0.15) is 0 Å². The van der Waals surface area contributed by atoms with E-state index in [0.717, 1.165) is 21.6 Å². The van der Waals surface area contributed by atoms with Crippen LogP contribution in [0.5, 0.6) is 0 Å². The molecule has 0 bridgehead atoms. The van der Waals surface area contributed by atoms with Gasteiger partial charge < -0.3 is 5.32 Å². The van der Waals surface area contributed by atoms with Crippen molar-refractivity contribution in [3.05, 3.63) is 47.5 Å². The molecule has 0 saturated carbocycles. The largest absolute Gasteiger partial charge is 0.325 e. The Hall–Kier alpha value is -2.07. The Balaban J connectivity index is 2.21. The molecule has 0 spiro atoms. The number of ketones is 1. The van der Waals surface area contributed by atoms with Crippen molar-refractivity contribution in [2.45, 2.75) is 11.8 Å². The highest BCUT2D eigenvalue weighted by Crippen LogP contribution is 2.41. The number of nitrogens with one attached hydrogen (secondary N) is 1. The Bertz CT molecular complexity index is 737. The predicted molar refractivity (Wildman–Crippen MR) is 81.4 cm³/mol. The molecule has 0 heterocycles. The SMILES string of the molecule is CSc1cc2c(cc1NC(C)=O)C(=O)c1ccccc1-2. The summed E-state index contributed by atoms with van der Waals surface area (Å²) in [6.07, 6.45) is 1.95. The monoisotopic (exact) mass is 283 g/mol. The first-order valence-corrected chi connectivity index (χ1v) is 7.48. The fourth-order valence-corrected chi connectivity index (χ4v) is 3.07. The number of carbonyl (C=O) groups excluding carboxylic acids is 2. The van der Waals surface area contributed by atoms with Gasteiger partial charge in [0.2, 0.25) is 5.91 Å². The molecule has 1 aliphatic rings. The summed E-state index contributed by atoms with van der Waals surface area (Å²) in [4.78, 5) is 24.6. The number of rotatable bonds is 2. The fraction of sp³-hybridized carbons (Fsp3) is 0.125. The van der Waals surface area contributed by atoms with Crippen molar-refractivity contribution in [1.82, 2.24) is 0 Å². The number of fused-ring (bicyclic) bond motifs is 3. The molecule has 1 aliphatic carbocycles. The van der Waals surface area contributed by atoms with Crippen molar-refractivity contribution in [3.8, 4) is 11.1 Å². The predicted octanol–water partition coefficient (Wildman–Crippen LogP) is 3.58. The molecule has 3 nitrogen and oxygen atoms in total. The van der Waals surface area contributed by atoms with E-state index in [2.05, 4.69) is 5.32 Å². The topological polar surface area (TPSA) is 46.2 Å². The minimum Gasteiger partial charge on any atom is -0.325 e. The quantitative estimate of drug-likeness (QED) is 0.731. The molecule has 0 aromatic heterocycles. The molecule has 1 N–H and O–H groups in total. The molecule has 3 rings (SSSR count). The van der Waals surface area contributed by atoms with Gasteiger partial charge in [0.15, 0.2) is 5.78 Å². The van der Waals surface area contributed by atoms with Crippen LogP contribution in [0.2, 0.25) is 0 Å². The second-order valence-corrected chi connectivity index (χ2v) is 5.50. The Kier molecular flexibility index (Phi) is 3.10. The molecular weight excluding hydrogens is 270 g/mol. The van der Waals surface area contributed by atoms with E-state index in [1.54, 1.807) is 17.8 Å². The van der Waals surface area contributed by atoms with E-state index in [9.17, 15) is 9.59 Å². The van der Waals surface area contributed by atoms with Crippen molar-refractivity contribution in [1.29, 1.82) is 0 Å². The van der Waals surface area contributed by atoms with Gasteiger partial charge in [0.05, 0.1) is 5.69 Å². The van der Waals surface area contributed by atoms with Crippen molar-refractivity contribution in [2.24, 2.45) is 0 Å². The lowest BCUT2D eigenvalue weighted by molar-refractivity contribution is -0.114. The first-order valence-electron chi connectivity index (χ1n) is 6.25. The van der Waals surface area contributed by atoms with E-state index in [1.807, 2.05) is 36.6 Å². The Morgan fingerprint density at radius 1 is 1.05 bits per heavy atom. The summed E-state index contributed by atoms with van der Waals surface area (Å²) in [5.41, 5.74) is 4.01. The lowest BCUT2D eigenvalue weighted by atomic mass is 10.1. The maximum Gasteiger partial charge on any atom is 0.221 e. The molecular formula is C16H13NO2S. The van der Waals surface area contributed by atoms with Crippen molar-refractivity contribution in [3.63, 3.8) is 0 Å². The summed E-state index contributed by atoms with van der Waals surface area (Å²) in [6, 6.07) is 11.4. The van der Waals surface area contributed by atoms with E-state index in [4.69, 9.17) is 0 Å². The maximum absolute atomic E-state index is 12.4. The molecule has 20 heavy (non-hydrogen) atoms. The molecule has 1 amide bonds. The van der Waals surface area contributed by atoms with Gasteiger partial charge in [-0.15, -0.1) is 11.8 Å². The van der Waals surface area contributed by atoms with Crippen LogP contribution in [0.3, 0.4) is 0 Å². The summed E-state index contributed by atoms with van der Waals surface area (Å²) >= 11 is 1.55. The van der Waals surface area contributed by atoms with Gasteiger partial charge in [0, 0.05) is 22.9 Å². The number of benzene rings is 2. The zero-order valence-electron chi connectivity index (χ0n) is 11.2. The van der Waals surface area contributed by atoms with Gasteiger partial charge in [-0.3, -0.25) is 9.59 Å². The van der Waals surface area contributed by atoms with Crippen LogP contribution in [0.1, 0.15) is 22.8 Å². The van der Waals surface area contributed by atoms with Gasteiger partial charge in [-0.25, -0.2) is 0 Å². The highest BCUT2D eigenvalue weighted by atomic mass is 32.2. The van der Waals surface area contributed by atoms with Crippen molar-refractivity contribution in [2.75, 3.05) is 11.6 Å². The highest BCUT2D eigenvalue weighted by Gasteiger charge is 2.27. The number of thioether (sulfide) groups is 1. The van der Waals surface area contributed by atoms with Crippen LogP contribution in [0, 0.1) is 0 Å². The van der Waals surface area contributed by atoms with Gasteiger partial charge in [0.25, 0.3) is 0 Å². The van der Waals surface area contributed by atoms with Crippen molar-refractivity contribution < 1.29 is 9.59 Å². The molecule has 100 valence electrons. The lowest BCUT2D eigenvalue weighted by Crippen LogP contribution is -2.08. The summed E-state index contributed by atoms with van der Waals surface area (Å²) in [5, 5.41) is 2.79. The first-order chi connectivity index (χ1) is 9.61. The maximum atomic E-state index is 12.4. The van der Waals surface area contributed by atoms with Crippen LogP contribution in [-0.2, 0) is 4.79 Å². The molecule has 0 aliphatic heterocycles. The number of carbonyl (C=O) groups is 2. The molecule has 0 unspecified atom stereocenters. The average molecular weight is 283 g/mol. The fourth-order valence-electron chi connectivity index (χ4n) is 2.51. The smallest absolute Gasteiger partial charge is 0.221 e. The molecule has 2 aromatic carbocycles. The molecule has 0 atom stereocenters. The zero-order valence-corrected chi connectivity index (χ0v) is 12.0. The molecule has 4 heteroatoms. The van der Waals surface area contributed by atoms with E-state index >= 15 is 0 Å². The van der Waals surface area contributed by atoms with Crippen LogP contribution in [0.25, 0.3) is 11.1 Å². The second-order valence-electron chi connectivity index (χ2n) is 4.65.